The molecule has 0 unspecified atom stereocenters. The Morgan fingerprint density at radius 2 is 1.82 bits per heavy atom. The summed E-state index contributed by atoms with van der Waals surface area (Å²) < 4.78 is 0. The number of anilines is 1. The molecule has 0 spiro atoms. The van der Waals surface area contributed by atoms with Crippen LogP contribution in [0, 0.1) is 11.3 Å². The van der Waals surface area contributed by atoms with Crippen LogP contribution in [0.1, 0.15) is 5.56 Å². The average molecular weight is 287 g/mol. The molecule has 0 bridgehead atoms. The molecule has 1 aromatic heterocycles. The highest BCUT2D eigenvalue weighted by Gasteiger charge is 2.10. The van der Waals surface area contributed by atoms with Crippen LogP contribution in [0.15, 0.2) is 66.4 Å². The fraction of sp³-hybridized carbons (Fsp3) is 0. The van der Waals surface area contributed by atoms with Crippen molar-refractivity contribution in [1.29, 1.82) is 5.26 Å². The maximum Gasteiger partial charge on any atom is 0.266 e. The first kappa shape index (κ1) is 13.7. The molecule has 0 aliphatic carbocycles. The van der Waals surface area contributed by atoms with E-state index in [2.05, 4.69) is 10.3 Å². The Balaban J connectivity index is 1.90. The average Bonchev–Trinajstić information content (AvgIpc) is 2.96. The second-order valence-corrected chi connectivity index (χ2v) is 4.78. The Labute approximate surface area is 127 Å². The van der Waals surface area contributed by atoms with Crippen LogP contribution in [0.25, 0.3) is 17.0 Å². The largest absolute Gasteiger partial charge is 0.361 e. The first-order valence-corrected chi connectivity index (χ1v) is 6.82. The van der Waals surface area contributed by atoms with Gasteiger partial charge in [0.25, 0.3) is 5.91 Å². The summed E-state index contributed by atoms with van der Waals surface area (Å²) >= 11 is 0. The van der Waals surface area contributed by atoms with Crippen LogP contribution in [-0.2, 0) is 4.79 Å². The Bertz CT molecular complexity index is 885. The molecule has 4 heteroatoms. The van der Waals surface area contributed by atoms with Crippen molar-refractivity contribution in [3.63, 3.8) is 0 Å². The third kappa shape index (κ3) is 2.74. The van der Waals surface area contributed by atoms with E-state index in [1.54, 1.807) is 24.4 Å². The molecule has 0 atom stereocenters. The number of rotatable bonds is 3. The van der Waals surface area contributed by atoms with Crippen molar-refractivity contribution in [2.75, 3.05) is 5.32 Å². The molecule has 1 amide bonds. The lowest BCUT2D eigenvalue weighted by Gasteiger charge is -2.03. The van der Waals surface area contributed by atoms with Crippen molar-refractivity contribution >= 4 is 28.6 Å². The highest BCUT2D eigenvalue weighted by atomic mass is 16.1. The maximum atomic E-state index is 12.2. The number of aromatic amines is 1. The summed E-state index contributed by atoms with van der Waals surface area (Å²) in [4.78, 5) is 15.3. The minimum atomic E-state index is -0.418. The lowest BCUT2D eigenvalue weighted by Crippen LogP contribution is -2.13. The van der Waals surface area contributed by atoms with Gasteiger partial charge in [0.2, 0.25) is 0 Å². The molecule has 0 fully saturated rings. The van der Waals surface area contributed by atoms with Crippen LogP contribution in [0.4, 0.5) is 5.69 Å². The van der Waals surface area contributed by atoms with Crippen LogP contribution in [-0.4, -0.2) is 10.9 Å². The predicted octanol–water partition coefficient (Wildman–Crippen LogP) is 3.71. The summed E-state index contributed by atoms with van der Waals surface area (Å²) in [5, 5.41) is 12.9. The number of carbonyl (C=O) groups is 1. The van der Waals surface area contributed by atoms with Crippen molar-refractivity contribution in [1.82, 2.24) is 4.98 Å². The van der Waals surface area contributed by atoms with Gasteiger partial charge >= 0.3 is 0 Å². The molecule has 0 saturated carbocycles. The van der Waals surface area contributed by atoms with Gasteiger partial charge in [-0.15, -0.1) is 0 Å². The number of carbonyl (C=O) groups excluding carboxylic acids is 1. The van der Waals surface area contributed by atoms with Gasteiger partial charge in [-0.1, -0.05) is 36.4 Å². The van der Waals surface area contributed by atoms with E-state index < -0.39 is 5.91 Å². The summed E-state index contributed by atoms with van der Waals surface area (Å²) in [6.45, 7) is 0. The number of hydrogen-bond acceptors (Lipinski definition) is 2. The van der Waals surface area contributed by atoms with Gasteiger partial charge in [-0.05, 0) is 24.3 Å². The van der Waals surface area contributed by atoms with Crippen molar-refractivity contribution in [3.05, 3.63) is 71.9 Å². The zero-order chi connectivity index (χ0) is 15.4. The molecule has 1 heterocycles. The van der Waals surface area contributed by atoms with Crippen molar-refractivity contribution in [2.45, 2.75) is 0 Å². The molecule has 106 valence electrons. The second-order valence-electron chi connectivity index (χ2n) is 4.78. The number of hydrogen-bond donors (Lipinski definition) is 2. The second kappa shape index (κ2) is 5.98. The van der Waals surface area contributed by atoms with Crippen molar-refractivity contribution < 1.29 is 4.79 Å². The van der Waals surface area contributed by atoms with Crippen LogP contribution in [0.3, 0.4) is 0 Å². The number of nitriles is 1. The van der Waals surface area contributed by atoms with Crippen molar-refractivity contribution in [3.8, 4) is 6.07 Å². The van der Waals surface area contributed by atoms with Crippen LogP contribution >= 0.6 is 0 Å². The predicted molar refractivity (Wildman–Crippen MR) is 87.0 cm³/mol. The standard InChI is InChI=1S/C18H13N3O/c19-11-13(18(22)21-15-6-2-1-3-7-15)10-14-12-20-17-9-5-4-8-16(14)17/h1-10,12,20H,(H,21,22)/b13-10-. The van der Waals surface area contributed by atoms with E-state index in [9.17, 15) is 10.1 Å². The van der Waals surface area contributed by atoms with Gasteiger partial charge in [-0.25, -0.2) is 0 Å². The summed E-state index contributed by atoms with van der Waals surface area (Å²) in [6.07, 6.45) is 3.38. The topological polar surface area (TPSA) is 68.7 Å². The molecule has 0 aliphatic heterocycles. The fourth-order valence-corrected chi connectivity index (χ4v) is 2.24. The number of nitrogens with one attached hydrogen (secondary N) is 2. The first-order chi connectivity index (χ1) is 10.8. The molecule has 2 aromatic carbocycles. The lowest BCUT2D eigenvalue weighted by atomic mass is 10.1. The third-order valence-electron chi connectivity index (χ3n) is 3.32. The normalized spacial score (nSPS) is 11.1. The highest BCUT2D eigenvalue weighted by molar-refractivity contribution is 6.10. The maximum absolute atomic E-state index is 12.2. The zero-order valence-corrected chi connectivity index (χ0v) is 11.7. The quantitative estimate of drug-likeness (QED) is 0.569. The van der Waals surface area contributed by atoms with Gasteiger partial charge in [0.15, 0.2) is 0 Å². The van der Waals surface area contributed by atoms with E-state index in [1.165, 1.54) is 0 Å². The minimum Gasteiger partial charge on any atom is -0.361 e. The molecule has 0 radical (unpaired) electrons. The van der Waals surface area contributed by atoms with E-state index in [-0.39, 0.29) is 5.57 Å². The number of H-pyrrole nitrogens is 1. The van der Waals surface area contributed by atoms with E-state index in [1.807, 2.05) is 48.5 Å². The molecular formula is C18H13N3O. The van der Waals surface area contributed by atoms with Gasteiger partial charge in [-0.3, -0.25) is 4.79 Å². The van der Waals surface area contributed by atoms with Crippen LogP contribution in [0.2, 0.25) is 0 Å². The lowest BCUT2D eigenvalue weighted by molar-refractivity contribution is -0.112. The fourth-order valence-electron chi connectivity index (χ4n) is 2.24. The molecular weight excluding hydrogens is 274 g/mol. The third-order valence-corrected chi connectivity index (χ3v) is 3.32. The summed E-state index contributed by atoms with van der Waals surface area (Å²) in [7, 11) is 0. The van der Waals surface area contributed by atoms with E-state index in [0.717, 1.165) is 16.5 Å². The van der Waals surface area contributed by atoms with E-state index in [4.69, 9.17) is 0 Å². The molecule has 0 aliphatic rings. The SMILES string of the molecule is N#C/C(=C/c1c[nH]c2ccccc12)C(=O)Nc1ccccc1. The van der Waals surface area contributed by atoms with Gasteiger partial charge in [0.05, 0.1) is 0 Å². The Kier molecular flexibility index (Phi) is 3.71. The molecule has 3 aromatic rings. The number of nitrogens with zero attached hydrogens (tertiary/aromatic N) is 1. The molecule has 22 heavy (non-hydrogen) atoms. The van der Waals surface area contributed by atoms with Gasteiger partial charge < -0.3 is 10.3 Å². The monoisotopic (exact) mass is 287 g/mol. The summed E-state index contributed by atoms with van der Waals surface area (Å²) in [5.74, 6) is -0.418. The van der Waals surface area contributed by atoms with Gasteiger partial charge in [0, 0.05) is 28.4 Å². The Morgan fingerprint density at radius 1 is 1.09 bits per heavy atom. The van der Waals surface area contributed by atoms with Crippen molar-refractivity contribution in [2.24, 2.45) is 0 Å². The Hall–Kier alpha value is -3.32. The van der Waals surface area contributed by atoms with E-state index in [0.29, 0.717) is 5.69 Å². The summed E-state index contributed by atoms with van der Waals surface area (Å²) in [5.41, 5.74) is 2.51. The Morgan fingerprint density at radius 3 is 2.59 bits per heavy atom. The van der Waals surface area contributed by atoms with Crippen LogP contribution in [0.5, 0.6) is 0 Å². The molecule has 2 N–H and O–H groups in total. The number of fused-ring (bicyclic) bond motifs is 1. The molecule has 3 rings (SSSR count). The highest BCUT2D eigenvalue weighted by Crippen LogP contribution is 2.20. The molecule has 4 nitrogen and oxygen atoms in total. The molecule has 0 saturated heterocycles. The zero-order valence-electron chi connectivity index (χ0n) is 11.7. The smallest absolute Gasteiger partial charge is 0.266 e. The first-order valence-electron chi connectivity index (χ1n) is 6.82. The summed E-state index contributed by atoms with van der Waals surface area (Å²) in [6, 6.07) is 18.8. The number of benzene rings is 2. The van der Waals surface area contributed by atoms with Gasteiger partial charge in [-0.2, -0.15) is 5.26 Å². The van der Waals surface area contributed by atoms with Gasteiger partial charge in [0.1, 0.15) is 11.6 Å². The minimum absolute atomic E-state index is 0.0635. The number of amides is 1. The van der Waals surface area contributed by atoms with E-state index >= 15 is 0 Å². The number of para-hydroxylation sites is 2. The van der Waals surface area contributed by atoms with Crippen LogP contribution < -0.4 is 5.32 Å². The number of aromatic nitrogens is 1.